The highest BCUT2D eigenvalue weighted by Crippen LogP contribution is 2.22. The molecule has 0 saturated carbocycles. The zero-order chi connectivity index (χ0) is 12.5. The van der Waals surface area contributed by atoms with Crippen molar-refractivity contribution in [1.29, 1.82) is 0 Å². The van der Waals surface area contributed by atoms with Gasteiger partial charge in [-0.05, 0) is 27.8 Å². The Balaban J connectivity index is 2.89. The average molecular weight is 225 g/mol. The van der Waals surface area contributed by atoms with Crippen LogP contribution in [0.4, 0.5) is 0 Å². The van der Waals surface area contributed by atoms with Gasteiger partial charge in [0.15, 0.2) is 0 Å². The van der Waals surface area contributed by atoms with Crippen LogP contribution in [0.3, 0.4) is 0 Å². The maximum absolute atomic E-state index is 10.9. The van der Waals surface area contributed by atoms with Crippen LogP contribution in [0.5, 0.6) is 0 Å². The lowest BCUT2D eigenvalue weighted by Crippen LogP contribution is -2.37. The minimum Gasteiger partial charge on any atom is -0.480 e. The Bertz CT molecular complexity index is 387. The van der Waals surface area contributed by atoms with Crippen molar-refractivity contribution in [3.8, 4) is 0 Å². The summed E-state index contributed by atoms with van der Waals surface area (Å²) in [5.74, 6) is -0.809. The highest BCUT2D eigenvalue weighted by Gasteiger charge is 2.24. The number of carboxylic acid groups (broad SMARTS) is 1. The van der Waals surface area contributed by atoms with Crippen molar-refractivity contribution < 1.29 is 9.90 Å². The Morgan fingerprint density at radius 3 is 2.50 bits per heavy atom. The van der Waals surface area contributed by atoms with Crippen molar-refractivity contribution >= 4 is 5.97 Å². The summed E-state index contributed by atoms with van der Waals surface area (Å²) >= 11 is 0. The van der Waals surface area contributed by atoms with Crippen molar-refractivity contribution in [3.05, 3.63) is 17.5 Å². The first-order valence-electron chi connectivity index (χ1n) is 5.29. The number of rotatable bonds is 4. The first-order valence-corrected chi connectivity index (χ1v) is 5.29. The molecular weight excluding hydrogens is 206 g/mol. The van der Waals surface area contributed by atoms with Crippen LogP contribution < -0.4 is 0 Å². The normalized spacial score (nSPS) is 15.1. The van der Waals surface area contributed by atoms with Crippen molar-refractivity contribution in [2.24, 2.45) is 7.05 Å². The number of nitrogens with zero attached hydrogens (tertiary/aromatic N) is 3. The molecular formula is C11H19N3O2. The topological polar surface area (TPSA) is 58.4 Å². The number of aryl methyl sites for hydroxylation is 2. The lowest BCUT2D eigenvalue weighted by Gasteiger charge is -2.27. The second-order valence-corrected chi connectivity index (χ2v) is 4.20. The predicted molar refractivity (Wildman–Crippen MR) is 61.2 cm³/mol. The molecule has 0 aromatic carbocycles. The van der Waals surface area contributed by atoms with Crippen molar-refractivity contribution in [1.82, 2.24) is 14.7 Å². The van der Waals surface area contributed by atoms with Gasteiger partial charge in [0.2, 0.25) is 0 Å². The van der Waals surface area contributed by atoms with E-state index in [9.17, 15) is 4.79 Å². The third-order valence-electron chi connectivity index (χ3n) is 3.08. The van der Waals surface area contributed by atoms with Gasteiger partial charge in [-0.1, -0.05) is 0 Å². The van der Waals surface area contributed by atoms with E-state index in [1.54, 1.807) is 11.6 Å². The monoisotopic (exact) mass is 225 g/mol. The number of aromatic nitrogens is 2. The SMILES string of the molecule is Cc1nn(C)cc1C(C)N(C)C(C)C(=O)O. The molecule has 0 fully saturated rings. The van der Waals surface area contributed by atoms with Crippen molar-refractivity contribution in [2.45, 2.75) is 32.9 Å². The van der Waals surface area contributed by atoms with Gasteiger partial charge >= 0.3 is 5.97 Å². The van der Waals surface area contributed by atoms with Gasteiger partial charge < -0.3 is 5.11 Å². The van der Waals surface area contributed by atoms with E-state index in [2.05, 4.69) is 5.10 Å². The fourth-order valence-corrected chi connectivity index (χ4v) is 1.76. The highest BCUT2D eigenvalue weighted by molar-refractivity contribution is 5.72. The van der Waals surface area contributed by atoms with Crippen molar-refractivity contribution in [3.63, 3.8) is 0 Å². The summed E-state index contributed by atoms with van der Waals surface area (Å²) in [6, 6.07) is -0.464. The van der Waals surface area contributed by atoms with E-state index < -0.39 is 12.0 Å². The lowest BCUT2D eigenvalue weighted by molar-refractivity contribution is -0.142. The molecule has 1 N–H and O–H groups in total. The van der Waals surface area contributed by atoms with Gasteiger partial charge in [0.25, 0.3) is 0 Å². The Kier molecular flexibility index (Phi) is 3.70. The number of hydrogen-bond donors (Lipinski definition) is 1. The van der Waals surface area contributed by atoms with E-state index in [1.807, 2.05) is 39.0 Å². The van der Waals surface area contributed by atoms with Crippen LogP contribution >= 0.6 is 0 Å². The summed E-state index contributed by atoms with van der Waals surface area (Å²) in [5.41, 5.74) is 2.01. The standard InChI is InChI=1S/C11H19N3O2/c1-7-10(6-13(4)12-7)8(2)14(5)9(3)11(15)16/h6,8-9H,1-5H3,(H,15,16). The largest absolute Gasteiger partial charge is 0.480 e. The maximum Gasteiger partial charge on any atom is 0.320 e. The van der Waals surface area contributed by atoms with Crippen LogP contribution in [-0.4, -0.2) is 38.8 Å². The maximum atomic E-state index is 10.9. The van der Waals surface area contributed by atoms with E-state index in [0.29, 0.717) is 0 Å². The molecule has 0 aliphatic heterocycles. The van der Waals surface area contributed by atoms with Crippen LogP contribution in [0.15, 0.2) is 6.20 Å². The minimum absolute atomic E-state index is 0.0415. The third-order valence-corrected chi connectivity index (χ3v) is 3.08. The fraction of sp³-hybridized carbons (Fsp3) is 0.636. The average Bonchev–Trinajstić information content (AvgIpc) is 2.54. The number of aliphatic carboxylic acids is 1. The van der Waals surface area contributed by atoms with Crippen LogP contribution in [0.2, 0.25) is 0 Å². The second kappa shape index (κ2) is 4.65. The molecule has 5 heteroatoms. The Hall–Kier alpha value is -1.36. The van der Waals surface area contributed by atoms with Gasteiger partial charge in [0, 0.05) is 24.8 Å². The molecule has 0 aliphatic carbocycles. The number of carbonyl (C=O) groups is 1. The van der Waals surface area contributed by atoms with Gasteiger partial charge in [0.05, 0.1) is 5.69 Å². The molecule has 0 saturated heterocycles. The summed E-state index contributed by atoms with van der Waals surface area (Å²) in [5, 5.41) is 13.2. The molecule has 1 rings (SSSR count). The molecule has 2 atom stereocenters. The number of hydrogen-bond acceptors (Lipinski definition) is 3. The predicted octanol–water partition coefficient (Wildman–Crippen LogP) is 1.19. The fourth-order valence-electron chi connectivity index (χ4n) is 1.76. The van der Waals surface area contributed by atoms with E-state index in [4.69, 9.17) is 5.11 Å². The molecule has 16 heavy (non-hydrogen) atoms. The molecule has 1 heterocycles. The van der Waals surface area contributed by atoms with Crippen molar-refractivity contribution in [2.75, 3.05) is 7.05 Å². The molecule has 0 aliphatic rings. The summed E-state index contributed by atoms with van der Waals surface area (Å²) in [6.07, 6.45) is 1.94. The Labute approximate surface area is 95.7 Å². The van der Waals surface area contributed by atoms with Gasteiger partial charge in [-0.2, -0.15) is 5.10 Å². The quantitative estimate of drug-likeness (QED) is 0.836. The van der Waals surface area contributed by atoms with E-state index >= 15 is 0 Å². The summed E-state index contributed by atoms with van der Waals surface area (Å²) < 4.78 is 1.75. The molecule has 0 radical (unpaired) electrons. The van der Waals surface area contributed by atoms with E-state index in [1.165, 1.54) is 0 Å². The summed E-state index contributed by atoms with van der Waals surface area (Å²) in [6.45, 7) is 5.61. The number of carboxylic acids is 1. The molecule has 90 valence electrons. The van der Waals surface area contributed by atoms with Gasteiger partial charge in [-0.15, -0.1) is 0 Å². The van der Waals surface area contributed by atoms with Crippen LogP contribution in [0.25, 0.3) is 0 Å². The zero-order valence-corrected chi connectivity index (χ0v) is 10.4. The molecule has 2 unspecified atom stereocenters. The van der Waals surface area contributed by atoms with Crippen LogP contribution in [-0.2, 0) is 11.8 Å². The smallest absolute Gasteiger partial charge is 0.320 e. The number of likely N-dealkylation sites (N-methyl/N-ethyl adjacent to an activating group) is 1. The third kappa shape index (κ3) is 2.41. The molecule has 5 nitrogen and oxygen atoms in total. The molecule has 0 spiro atoms. The van der Waals surface area contributed by atoms with Gasteiger partial charge in [-0.3, -0.25) is 14.4 Å². The molecule has 0 bridgehead atoms. The van der Waals surface area contributed by atoms with E-state index in [-0.39, 0.29) is 6.04 Å². The van der Waals surface area contributed by atoms with Gasteiger partial charge in [-0.25, -0.2) is 0 Å². The Morgan fingerprint density at radius 1 is 1.56 bits per heavy atom. The summed E-state index contributed by atoms with van der Waals surface area (Å²) in [7, 11) is 3.68. The molecule has 1 aromatic rings. The van der Waals surface area contributed by atoms with Gasteiger partial charge in [0.1, 0.15) is 6.04 Å². The van der Waals surface area contributed by atoms with Crippen LogP contribution in [0, 0.1) is 6.92 Å². The first kappa shape index (κ1) is 12.7. The van der Waals surface area contributed by atoms with E-state index in [0.717, 1.165) is 11.3 Å². The van der Waals surface area contributed by atoms with Crippen LogP contribution in [0.1, 0.15) is 31.1 Å². The molecule has 0 amide bonds. The Morgan fingerprint density at radius 2 is 2.12 bits per heavy atom. The summed E-state index contributed by atoms with van der Waals surface area (Å²) in [4.78, 5) is 12.7. The minimum atomic E-state index is -0.809. The highest BCUT2D eigenvalue weighted by atomic mass is 16.4. The first-order chi connectivity index (χ1) is 7.34. The second-order valence-electron chi connectivity index (χ2n) is 4.20. The lowest BCUT2D eigenvalue weighted by atomic mass is 10.1. The molecule has 1 aromatic heterocycles. The zero-order valence-electron chi connectivity index (χ0n) is 10.4.